The van der Waals surface area contributed by atoms with E-state index in [4.69, 9.17) is 5.73 Å². The highest BCUT2D eigenvalue weighted by atomic mass is 16.6. The number of carbonyl (C=O) groups is 1. The molecule has 0 spiro atoms. The van der Waals surface area contributed by atoms with Crippen molar-refractivity contribution in [2.75, 3.05) is 12.3 Å². The van der Waals surface area contributed by atoms with Crippen molar-refractivity contribution in [3.05, 3.63) is 33.9 Å². The van der Waals surface area contributed by atoms with E-state index in [0.29, 0.717) is 0 Å². The minimum Gasteiger partial charge on any atom is -0.398 e. The van der Waals surface area contributed by atoms with Gasteiger partial charge in [-0.25, -0.2) is 0 Å². The number of nitrogens with zero attached hydrogens (tertiary/aromatic N) is 1. The highest BCUT2D eigenvalue weighted by Gasteiger charge is 2.25. The standard InChI is InChI=1S/C11H13N3O3/c12-9-4-3-7(14(16)17)6-8(9)11(15)10-2-1-5-13-10/h3-4,6,10,13H,1-2,5,12H2/t10-/m0/s1. The Labute approximate surface area is 98.0 Å². The van der Waals surface area contributed by atoms with Crippen molar-refractivity contribution in [2.45, 2.75) is 18.9 Å². The molecule has 1 atom stereocenters. The van der Waals surface area contributed by atoms with Crippen molar-refractivity contribution in [3.63, 3.8) is 0 Å². The van der Waals surface area contributed by atoms with Crippen LogP contribution in [0.5, 0.6) is 0 Å². The molecule has 0 amide bonds. The van der Waals surface area contributed by atoms with E-state index in [9.17, 15) is 14.9 Å². The average molecular weight is 235 g/mol. The van der Waals surface area contributed by atoms with Crippen LogP contribution in [0.3, 0.4) is 0 Å². The van der Waals surface area contributed by atoms with Crippen molar-refractivity contribution >= 4 is 17.2 Å². The van der Waals surface area contributed by atoms with Gasteiger partial charge in [0.25, 0.3) is 5.69 Å². The first-order valence-electron chi connectivity index (χ1n) is 5.41. The molecule has 0 aliphatic carbocycles. The predicted octanol–water partition coefficient (Wildman–Crippen LogP) is 1.11. The summed E-state index contributed by atoms with van der Waals surface area (Å²) in [5.74, 6) is -0.163. The molecule has 0 radical (unpaired) electrons. The number of anilines is 1. The fourth-order valence-electron chi connectivity index (χ4n) is 1.97. The van der Waals surface area contributed by atoms with E-state index in [2.05, 4.69) is 5.32 Å². The maximum atomic E-state index is 12.1. The second kappa shape index (κ2) is 4.50. The second-order valence-electron chi connectivity index (χ2n) is 4.04. The normalized spacial score (nSPS) is 19.2. The highest BCUT2D eigenvalue weighted by Crippen LogP contribution is 2.22. The Morgan fingerprint density at radius 1 is 1.53 bits per heavy atom. The predicted molar refractivity (Wildman–Crippen MR) is 62.9 cm³/mol. The monoisotopic (exact) mass is 235 g/mol. The molecule has 90 valence electrons. The second-order valence-corrected chi connectivity index (χ2v) is 4.04. The fourth-order valence-corrected chi connectivity index (χ4v) is 1.97. The Hall–Kier alpha value is -1.95. The number of nitrogen functional groups attached to an aromatic ring is 1. The van der Waals surface area contributed by atoms with Crippen LogP contribution in [0, 0.1) is 10.1 Å². The summed E-state index contributed by atoms with van der Waals surface area (Å²) in [6.45, 7) is 0.797. The summed E-state index contributed by atoms with van der Waals surface area (Å²) < 4.78 is 0. The zero-order chi connectivity index (χ0) is 12.4. The number of carbonyl (C=O) groups excluding carboxylic acids is 1. The molecule has 6 nitrogen and oxygen atoms in total. The number of ketones is 1. The maximum Gasteiger partial charge on any atom is 0.270 e. The summed E-state index contributed by atoms with van der Waals surface area (Å²) in [5, 5.41) is 13.7. The third-order valence-corrected chi connectivity index (χ3v) is 2.89. The van der Waals surface area contributed by atoms with Crippen LogP contribution in [-0.4, -0.2) is 23.3 Å². The molecule has 1 heterocycles. The molecule has 1 aromatic carbocycles. The molecule has 1 fully saturated rings. The van der Waals surface area contributed by atoms with Gasteiger partial charge in [0.1, 0.15) is 0 Å². The molecule has 1 saturated heterocycles. The van der Waals surface area contributed by atoms with Gasteiger partial charge in [-0.3, -0.25) is 14.9 Å². The van der Waals surface area contributed by atoms with Gasteiger partial charge < -0.3 is 11.1 Å². The summed E-state index contributed by atoms with van der Waals surface area (Å²) in [6, 6.07) is 3.69. The van der Waals surface area contributed by atoms with Crippen LogP contribution in [-0.2, 0) is 0 Å². The van der Waals surface area contributed by atoms with Gasteiger partial charge in [0.15, 0.2) is 5.78 Å². The van der Waals surface area contributed by atoms with Crippen LogP contribution in [0.4, 0.5) is 11.4 Å². The number of nitrogens with one attached hydrogen (secondary N) is 1. The number of benzene rings is 1. The lowest BCUT2D eigenvalue weighted by molar-refractivity contribution is -0.384. The van der Waals surface area contributed by atoms with E-state index >= 15 is 0 Å². The summed E-state index contributed by atoms with van der Waals surface area (Å²) >= 11 is 0. The Balaban J connectivity index is 2.32. The number of nitrogens with two attached hydrogens (primary N) is 1. The first kappa shape index (κ1) is 11.5. The first-order valence-corrected chi connectivity index (χ1v) is 5.41. The smallest absolute Gasteiger partial charge is 0.270 e. The molecular weight excluding hydrogens is 222 g/mol. The van der Waals surface area contributed by atoms with Crippen molar-refractivity contribution in [1.82, 2.24) is 5.32 Å². The molecule has 17 heavy (non-hydrogen) atoms. The van der Waals surface area contributed by atoms with Crippen LogP contribution >= 0.6 is 0 Å². The molecule has 6 heteroatoms. The third-order valence-electron chi connectivity index (χ3n) is 2.89. The van der Waals surface area contributed by atoms with E-state index in [0.717, 1.165) is 19.4 Å². The van der Waals surface area contributed by atoms with Crippen LogP contribution in [0.25, 0.3) is 0 Å². The molecule has 0 saturated carbocycles. The van der Waals surface area contributed by atoms with Gasteiger partial charge in [0, 0.05) is 23.4 Å². The zero-order valence-corrected chi connectivity index (χ0v) is 9.18. The maximum absolute atomic E-state index is 12.1. The summed E-state index contributed by atoms with van der Waals surface area (Å²) in [5.41, 5.74) is 6.10. The van der Waals surface area contributed by atoms with Gasteiger partial charge in [-0.05, 0) is 25.5 Å². The lowest BCUT2D eigenvalue weighted by atomic mass is 10.0. The van der Waals surface area contributed by atoms with Crippen molar-refractivity contribution in [1.29, 1.82) is 0 Å². The minimum atomic E-state index is -0.529. The Kier molecular flexibility index (Phi) is 3.06. The van der Waals surface area contributed by atoms with Crippen LogP contribution in [0.1, 0.15) is 23.2 Å². The molecule has 0 unspecified atom stereocenters. The quantitative estimate of drug-likeness (QED) is 0.354. The number of hydrogen-bond donors (Lipinski definition) is 2. The fraction of sp³-hybridized carbons (Fsp3) is 0.364. The molecule has 1 aliphatic rings. The molecule has 0 bridgehead atoms. The first-order chi connectivity index (χ1) is 8.09. The highest BCUT2D eigenvalue weighted by molar-refractivity contribution is 6.04. The summed E-state index contributed by atoms with van der Waals surface area (Å²) in [7, 11) is 0. The van der Waals surface area contributed by atoms with E-state index < -0.39 is 4.92 Å². The average Bonchev–Trinajstić information content (AvgIpc) is 2.81. The summed E-state index contributed by atoms with van der Waals surface area (Å²) in [6.07, 6.45) is 1.69. The van der Waals surface area contributed by atoms with E-state index in [1.807, 2.05) is 0 Å². The topological polar surface area (TPSA) is 98.3 Å². The lowest BCUT2D eigenvalue weighted by Gasteiger charge is -2.10. The number of nitro benzene ring substituents is 1. The zero-order valence-electron chi connectivity index (χ0n) is 9.18. The van der Waals surface area contributed by atoms with E-state index in [1.165, 1.54) is 18.2 Å². The molecule has 3 N–H and O–H groups in total. The number of nitro groups is 1. The van der Waals surface area contributed by atoms with Crippen molar-refractivity contribution in [3.8, 4) is 0 Å². The van der Waals surface area contributed by atoms with E-state index in [1.54, 1.807) is 0 Å². The third kappa shape index (κ3) is 2.26. The van der Waals surface area contributed by atoms with Crippen molar-refractivity contribution in [2.24, 2.45) is 0 Å². The van der Waals surface area contributed by atoms with Gasteiger partial charge >= 0.3 is 0 Å². The number of non-ortho nitro benzene ring substituents is 1. The Morgan fingerprint density at radius 2 is 2.29 bits per heavy atom. The van der Waals surface area contributed by atoms with Gasteiger partial charge in [-0.2, -0.15) is 0 Å². The Morgan fingerprint density at radius 3 is 2.88 bits per heavy atom. The number of rotatable bonds is 3. The lowest BCUT2D eigenvalue weighted by Crippen LogP contribution is -2.31. The molecular formula is C11H13N3O3. The molecule has 1 aliphatic heterocycles. The minimum absolute atomic E-state index is 0.111. The largest absolute Gasteiger partial charge is 0.398 e. The van der Waals surface area contributed by atoms with Crippen LogP contribution < -0.4 is 11.1 Å². The number of Topliss-reactive ketones (excluding diaryl/α,β-unsaturated/α-hetero) is 1. The van der Waals surface area contributed by atoms with Gasteiger partial charge in [-0.1, -0.05) is 0 Å². The molecule has 0 aromatic heterocycles. The van der Waals surface area contributed by atoms with Crippen LogP contribution in [0.15, 0.2) is 18.2 Å². The number of hydrogen-bond acceptors (Lipinski definition) is 5. The molecule has 2 rings (SSSR count). The molecule has 1 aromatic rings. The van der Waals surface area contributed by atoms with Gasteiger partial charge in [0.2, 0.25) is 0 Å². The van der Waals surface area contributed by atoms with Crippen molar-refractivity contribution < 1.29 is 9.72 Å². The van der Waals surface area contributed by atoms with Crippen LogP contribution in [0.2, 0.25) is 0 Å². The van der Waals surface area contributed by atoms with E-state index in [-0.39, 0.29) is 28.8 Å². The Bertz CT molecular complexity index is 467. The SMILES string of the molecule is Nc1ccc([N+](=O)[O-])cc1C(=O)[C@@H]1CCCN1. The van der Waals surface area contributed by atoms with Gasteiger partial charge in [0.05, 0.1) is 11.0 Å². The van der Waals surface area contributed by atoms with Gasteiger partial charge in [-0.15, -0.1) is 0 Å². The summed E-state index contributed by atoms with van der Waals surface area (Å²) in [4.78, 5) is 22.2.